The van der Waals surface area contributed by atoms with E-state index in [1.165, 1.54) is 51.4 Å². The lowest BCUT2D eigenvalue weighted by molar-refractivity contribution is -0.158. The summed E-state index contributed by atoms with van der Waals surface area (Å²) in [5.74, 6) is -2.39. The van der Waals surface area contributed by atoms with Crippen LogP contribution in [0.5, 0.6) is 0 Å². The first-order chi connectivity index (χ1) is 11.7. The third-order valence-electron chi connectivity index (χ3n) is 4.79. The third-order valence-corrected chi connectivity index (χ3v) is 4.79. The van der Waals surface area contributed by atoms with E-state index in [0.717, 1.165) is 12.8 Å². The van der Waals surface area contributed by atoms with Crippen molar-refractivity contribution in [2.45, 2.75) is 84.0 Å². The van der Waals surface area contributed by atoms with Crippen LogP contribution < -0.4 is 0 Å². The van der Waals surface area contributed by atoms with Gasteiger partial charge in [-0.15, -0.1) is 0 Å². The molecule has 1 rings (SSSR count). The number of ether oxygens (including phenoxy) is 1. The van der Waals surface area contributed by atoms with Crippen LogP contribution in [0.2, 0.25) is 0 Å². The maximum absolute atomic E-state index is 12.1. The second-order valence-corrected chi connectivity index (χ2v) is 6.84. The molecule has 0 saturated carbocycles. The van der Waals surface area contributed by atoms with Crippen molar-refractivity contribution in [2.75, 3.05) is 6.61 Å². The number of carboxylic acid groups (broad SMARTS) is 1. The number of carbonyl (C=O) groups is 2. The Morgan fingerprint density at radius 2 is 1.38 bits per heavy atom. The SMILES string of the molecule is CCCCCCCCCCCCOC(=O)C1CC=CCC1C(=O)O. The molecule has 0 spiro atoms. The number of esters is 1. The maximum atomic E-state index is 12.1. The van der Waals surface area contributed by atoms with Gasteiger partial charge in [-0.25, -0.2) is 0 Å². The molecule has 1 aliphatic carbocycles. The van der Waals surface area contributed by atoms with Gasteiger partial charge in [0.05, 0.1) is 18.4 Å². The largest absolute Gasteiger partial charge is 0.481 e. The number of hydrogen-bond acceptors (Lipinski definition) is 3. The molecule has 2 unspecified atom stereocenters. The minimum absolute atomic E-state index is 0.345. The number of allylic oxidation sites excluding steroid dienone is 2. The van der Waals surface area contributed by atoms with E-state index in [0.29, 0.717) is 19.4 Å². The molecule has 0 saturated heterocycles. The Hall–Kier alpha value is -1.32. The van der Waals surface area contributed by atoms with Crippen LogP contribution in [0.3, 0.4) is 0 Å². The zero-order valence-electron chi connectivity index (χ0n) is 15.2. The van der Waals surface area contributed by atoms with E-state index in [-0.39, 0.29) is 5.97 Å². The molecule has 0 aromatic rings. The molecule has 0 bridgehead atoms. The van der Waals surface area contributed by atoms with E-state index < -0.39 is 17.8 Å². The molecule has 138 valence electrons. The highest BCUT2D eigenvalue weighted by Crippen LogP contribution is 2.27. The molecule has 0 aliphatic heterocycles. The van der Waals surface area contributed by atoms with Crippen LogP contribution in [-0.2, 0) is 14.3 Å². The second kappa shape index (κ2) is 13.0. The Balaban J connectivity index is 2.01. The Bertz CT molecular complexity index is 389. The summed E-state index contributed by atoms with van der Waals surface area (Å²) in [5, 5.41) is 9.18. The van der Waals surface area contributed by atoms with Crippen LogP contribution in [0, 0.1) is 11.8 Å². The summed E-state index contributed by atoms with van der Waals surface area (Å²) in [6.45, 7) is 2.65. The van der Waals surface area contributed by atoms with Crippen molar-refractivity contribution in [3.63, 3.8) is 0 Å². The summed E-state index contributed by atoms with van der Waals surface area (Å²) in [6, 6.07) is 0. The summed E-state index contributed by atoms with van der Waals surface area (Å²) in [7, 11) is 0. The number of rotatable bonds is 13. The molecular formula is C20H34O4. The van der Waals surface area contributed by atoms with E-state index in [1.807, 2.05) is 12.2 Å². The van der Waals surface area contributed by atoms with Crippen LogP contribution in [0.1, 0.15) is 84.0 Å². The molecule has 4 heteroatoms. The molecule has 1 aliphatic rings. The highest BCUT2D eigenvalue weighted by molar-refractivity contribution is 5.81. The first-order valence-corrected chi connectivity index (χ1v) is 9.71. The molecule has 2 atom stereocenters. The molecule has 0 heterocycles. The Morgan fingerprint density at radius 1 is 0.875 bits per heavy atom. The number of unbranched alkanes of at least 4 members (excludes halogenated alkanes) is 9. The molecule has 0 amide bonds. The maximum Gasteiger partial charge on any atom is 0.310 e. The first kappa shape index (κ1) is 20.7. The molecule has 0 aromatic heterocycles. The highest BCUT2D eigenvalue weighted by Gasteiger charge is 2.34. The van der Waals surface area contributed by atoms with Crippen LogP contribution in [0.25, 0.3) is 0 Å². The number of carboxylic acids is 1. The van der Waals surface area contributed by atoms with Gasteiger partial charge in [-0.3, -0.25) is 9.59 Å². The van der Waals surface area contributed by atoms with Gasteiger partial charge in [0.1, 0.15) is 0 Å². The zero-order valence-corrected chi connectivity index (χ0v) is 15.2. The zero-order chi connectivity index (χ0) is 17.6. The van der Waals surface area contributed by atoms with Gasteiger partial charge in [0.15, 0.2) is 0 Å². The lowest BCUT2D eigenvalue weighted by Gasteiger charge is -2.23. The standard InChI is InChI=1S/C20H34O4/c1-2-3-4-5-6-7-8-9-10-13-16-24-20(23)18-15-12-11-14-17(18)19(21)22/h11-12,17-18H,2-10,13-16H2,1H3,(H,21,22). The lowest BCUT2D eigenvalue weighted by Crippen LogP contribution is -2.32. The van der Waals surface area contributed by atoms with Crippen LogP contribution in [0.15, 0.2) is 12.2 Å². The van der Waals surface area contributed by atoms with Crippen molar-refractivity contribution >= 4 is 11.9 Å². The predicted octanol–water partition coefficient (Wildman–Crippen LogP) is 5.12. The molecule has 4 nitrogen and oxygen atoms in total. The third kappa shape index (κ3) is 8.51. The molecule has 0 fully saturated rings. The van der Waals surface area contributed by atoms with Gasteiger partial charge in [0.25, 0.3) is 0 Å². The Morgan fingerprint density at radius 3 is 1.92 bits per heavy atom. The summed E-state index contributed by atoms with van der Waals surface area (Å²) >= 11 is 0. The summed E-state index contributed by atoms with van der Waals surface area (Å²) in [5.41, 5.74) is 0. The van der Waals surface area contributed by atoms with Gasteiger partial charge in [-0.2, -0.15) is 0 Å². The van der Waals surface area contributed by atoms with E-state index in [2.05, 4.69) is 6.92 Å². The van der Waals surface area contributed by atoms with Crippen LogP contribution in [-0.4, -0.2) is 23.7 Å². The topological polar surface area (TPSA) is 63.6 Å². The summed E-state index contributed by atoms with van der Waals surface area (Å²) < 4.78 is 5.30. The minimum Gasteiger partial charge on any atom is -0.481 e. The Labute approximate surface area is 146 Å². The van der Waals surface area contributed by atoms with Crippen molar-refractivity contribution in [3.05, 3.63) is 12.2 Å². The fourth-order valence-electron chi connectivity index (χ4n) is 3.22. The van der Waals surface area contributed by atoms with Gasteiger partial charge in [0.2, 0.25) is 0 Å². The number of hydrogen-bond donors (Lipinski definition) is 1. The fraction of sp³-hybridized carbons (Fsp3) is 0.800. The van der Waals surface area contributed by atoms with Crippen molar-refractivity contribution in [1.82, 2.24) is 0 Å². The molecule has 0 aromatic carbocycles. The predicted molar refractivity (Wildman–Crippen MR) is 95.8 cm³/mol. The fourth-order valence-corrected chi connectivity index (χ4v) is 3.22. The van der Waals surface area contributed by atoms with E-state index in [9.17, 15) is 14.7 Å². The molecule has 0 radical (unpaired) electrons. The van der Waals surface area contributed by atoms with Crippen LogP contribution in [0.4, 0.5) is 0 Å². The Kier molecular flexibility index (Phi) is 11.2. The molecule has 1 N–H and O–H groups in total. The van der Waals surface area contributed by atoms with Gasteiger partial charge < -0.3 is 9.84 Å². The lowest BCUT2D eigenvalue weighted by atomic mass is 9.83. The van der Waals surface area contributed by atoms with Gasteiger partial charge >= 0.3 is 11.9 Å². The van der Waals surface area contributed by atoms with Crippen molar-refractivity contribution in [1.29, 1.82) is 0 Å². The van der Waals surface area contributed by atoms with Gasteiger partial charge in [-0.05, 0) is 19.3 Å². The van der Waals surface area contributed by atoms with E-state index in [1.54, 1.807) is 0 Å². The minimum atomic E-state index is -0.903. The smallest absolute Gasteiger partial charge is 0.310 e. The first-order valence-electron chi connectivity index (χ1n) is 9.71. The van der Waals surface area contributed by atoms with Crippen molar-refractivity contribution in [2.24, 2.45) is 11.8 Å². The van der Waals surface area contributed by atoms with Gasteiger partial charge in [-0.1, -0.05) is 76.9 Å². The van der Waals surface area contributed by atoms with Crippen LogP contribution >= 0.6 is 0 Å². The quantitative estimate of drug-likeness (QED) is 0.288. The molecular weight excluding hydrogens is 304 g/mol. The number of aliphatic carboxylic acids is 1. The monoisotopic (exact) mass is 338 g/mol. The molecule has 24 heavy (non-hydrogen) atoms. The van der Waals surface area contributed by atoms with Crippen molar-refractivity contribution in [3.8, 4) is 0 Å². The summed E-state index contributed by atoms with van der Waals surface area (Å²) in [6.07, 6.45) is 17.0. The van der Waals surface area contributed by atoms with E-state index >= 15 is 0 Å². The summed E-state index contributed by atoms with van der Waals surface area (Å²) in [4.78, 5) is 23.2. The average molecular weight is 338 g/mol. The average Bonchev–Trinajstić information content (AvgIpc) is 2.59. The highest BCUT2D eigenvalue weighted by atomic mass is 16.5. The normalized spacial score (nSPS) is 20.0. The second-order valence-electron chi connectivity index (χ2n) is 6.84. The van der Waals surface area contributed by atoms with Gasteiger partial charge in [0, 0.05) is 0 Å². The number of carbonyl (C=O) groups excluding carboxylic acids is 1. The van der Waals surface area contributed by atoms with E-state index in [4.69, 9.17) is 4.74 Å². The van der Waals surface area contributed by atoms with Crippen molar-refractivity contribution < 1.29 is 19.4 Å².